The molecule has 4 N–H and O–H groups in total. The van der Waals surface area contributed by atoms with Gasteiger partial charge in [-0.05, 0) is 36.1 Å². The lowest BCUT2D eigenvalue weighted by molar-refractivity contribution is -0.120. The van der Waals surface area contributed by atoms with Gasteiger partial charge in [0.1, 0.15) is 0 Å². The third kappa shape index (κ3) is 9.33. The molecule has 0 atom stereocenters. The van der Waals surface area contributed by atoms with E-state index in [-0.39, 0.29) is 55.5 Å². The van der Waals surface area contributed by atoms with Crippen molar-refractivity contribution in [3.8, 4) is 0 Å². The first-order chi connectivity index (χ1) is 12.2. The first kappa shape index (κ1) is 29.8. The summed E-state index contributed by atoms with van der Waals surface area (Å²) in [5, 5.41) is 12.1. The van der Waals surface area contributed by atoms with Crippen molar-refractivity contribution in [1.82, 2.24) is 20.9 Å². The zero-order valence-electron chi connectivity index (χ0n) is 15.9. The van der Waals surface area contributed by atoms with Crippen molar-refractivity contribution in [2.75, 3.05) is 31.1 Å². The number of hydrogen-bond donors (Lipinski definition) is 3. The van der Waals surface area contributed by atoms with Crippen LogP contribution in [0.2, 0.25) is 0 Å². The summed E-state index contributed by atoms with van der Waals surface area (Å²) in [6, 6.07) is 12.1. The van der Waals surface area contributed by atoms with Crippen molar-refractivity contribution in [3.05, 3.63) is 53.2 Å². The molecule has 1 saturated heterocycles. The number of nitrogens with one attached hydrogen (secondary N) is 2. The quantitative estimate of drug-likeness (QED) is 0.328. The molecule has 7 nitrogen and oxygen atoms in total. The number of amides is 1. The number of aryl methyl sites for hydroxylation is 2. The molecule has 0 bridgehead atoms. The van der Waals surface area contributed by atoms with Gasteiger partial charge in [-0.15, -0.1) is 54.7 Å². The molecule has 0 aliphatic carbocycles. The molecule has 1 aromatic carbocycles. The Kier molecular flexibility index (Phi) is 15.9. The molecule has 164 valence electrons. The highest BCUT2D eigenvalue weighted by Gasteiger charge is 2.11. The fourth-order valence-corrected chi connectivity index (χ4v) is 2.88. The summed E-state index contributed by atoms with van der Waals surface area (Å²) in [5.41, 5.74) is 5.30. The maximum Gasteiger partial charge on any atom is 0.238 e. The van der Waals surface area contributed by atoms with Gasteiger partial charge in [0.2, 0.25) is 5.91 Å². The molecule has 2 heterocycles. The third-order valence-corrected chi connectivity index (χ3v) is 4.37. The van der Waals surface area contributed by atoms with Crippen LogP contribution in [0, 0.1) is 0 Å². The fourth-order valence-electron chi connectivity index (χ4n) is 2.88. The van der Waals surface area contributed by atoms with E-state index in [1.54, 1.807) is 0 Å². The second-order valence-electron chi connectivity index (χ2n) is 6.18. The van der Waals surface area contributed by atoms with Gasteiger partial charge in [-0.2, -0.15) is 5.10 Å². The second-order valence-corrected chi connectivity index (χ2v) is 6.18. The Balaban J connectivity index is 0. The number of hydrazine groups is 1. The van der Waals surface area contributed by atoms with Gasteiger partial charge in [0.15, 0.2) is 5.82 Å². The summed E-state index contributed by atoms with van der Waals surface area (Å²) < 4.78 is 0. The molecule has 1 amide bonds. The molecule has 0 unspecified atom stereocenters. The monoisotopic (exact) mass is 484 g/mol. The van der Waals surface area contributed by atoms with Crippen LogP contribution >= 0.6 is 49.6 Å². The zero-order chi connectivity index (χ0) is 17.5. The number of nitrogens with two attached hydrogens (primary N) is 1. The number of carbonyl (C=O) groups excluding carboxylic acids is 1. The molecule has 0 spiro atoms. The molecule has 1 aromatic heterocycles. The lowest BCUT2D eigenvalue weighted by atomic mass is 10.0. The maximum atomic E-state index is 11.3. The van der Waals surface area contributed by atoms with Gasteiger partial charge < -0.3 is 10.2 Å². The van der Waals surface area contributed by atoms with Crippen LogP contribution in [-0.2, 0) is 24.1 Å². The van der Waals surface area contributed by atoms with E-state index in [2.05, 4.69) is 38.0 Å². The van der Waals surface area contributed by atoms with E-state index in [1.165, 1.54) is 5.56 Å². The van der Waals surface area contributed by atoms with Crippen LogP contribution in [0.4, 0.5) is 5.82 Å². The highest BCUT2D eigenvalue weighted by Crippen LogP contribution is 2.12. The Hall–Kier alpha value is -1.35. The summed E-state index contributed by atoms with van der Waals surface area (Å²) in [4.78, 5) is 13.5. The number of carbonyl (C=O) groups is 1. The summed E-state index contributed by atoms with van der Waals surface area (Å²) in [6.07, 6.45) is 2.04. The molecule has 0 saturated carbocycles. The summed E-state index contributed by atoms with van der Waals surface area (Å²) in [6.45, 7) is 3.93. The van der Waals surface area contributed by atoms with Crippen molar-refractivity contribution in [1.29, 1.82) is 0 Å². The molecule has 1 fully saturated rings. The lowest BCUT2D eigenvalue weighted by Gasteiger charge is -2.27. The van der Waals surface area contributed by atoms with Crippen LogP contribution in [-0.4, -0.2) is 42.3 Å². The molecule has 3 rings (SSSR count). The molecule has 29 heavy (non-hydrogen) atoms. The van der Waals surface area contributed by atoms with E-state index in [4.69, 9.17) is 5.84 Å². The molecule has 1 aliphatic rings. The van der Waals surface area contributed by atoms with Crippen molar-refractivity contribution < 1.29 is 4.79 Å². The number of nitrogens with zero attached hydrogens (tertiary/aromatic N) is 3. The Morgan fingerprint density at radius 3 is 2.10 bits per heavy atom. The minimum absolute atomic E-state index is 0. The smallest absolute Gasteiger partial charge is 0.238 e. The Morgan fingerprint density at radius 1 is 0.931 bits per heavy atom. The number of piperazine rings is 1. The summed E-state index contributed by atoms with van der Waals surface area (Å²) >= 11 is 0. The third-order valence-electron chi connectivity index (χ3n) is 4.37. The number of rotatable bonds is 6. The average Bonchev–Trinajstić information content (AvgIpc) is 2.68. The van der Waals surface area contributed by atoms with Gasteiger partial charge in [-0.3, -0.25) is 10.2 Å². The first-order valence-corrected chi connectivity index (χ1v) is 8.60. The van der Waals surface area contributed by atoms with Gasteiger partial charge in [0, 0.05) is 26.2 Å². The van der Waals surface area contributed by atoms with Crippen molar-refractivity contribution >= 4 is 61.4 Å². The van der Waals surface area contributed by atoms with Crippen LogP contribution in [0.3, 0.4) is 0 Å². The molecule has 1 aliphatic heterocycles. The van der Waals surface area contributed by atoms with Gasteiger partial charge in [0.05, 0.1) is 12.1 Å². The van der Waals surface area contributed by atoms with Gasteiger partial charge >= 0.3 is 0 Å². The van der Waals surface area contributed by atoms with Crippen molar-refractivity contribution in [3.63, 3.8) is 0 Å². The number of anilines is 1. The van der Waals surface area contributed by atoms with E-state index >= 15 is 0 Å². The SMILES string of the molecule is Cl.Cl.Cl.Cl.NNC(=O)Cc1ccc(CCc2ccc(N3CCNCC3)nn2)cc1. The van der Waals surface area contributed by atoms with E-state index < -0.39 is 0 Å². The van der Waals surface area contributed by atoms with Crippen molar-refractivity contribution in [2.45, 2.75) is 19.3 Å². The molecule has 11 heteroatoms. The van der Waals surface area contributed by atoms with E-state index in [0.29, 0.717) is 6.42 Å². The molecular weight excluding hydrogens is 458 g/mol. The Bertz CT molecular complexity index is 697. The summed E-state index contributed by atoms with van der Waals surface area (Å²) in [5.74, 6) is 5.87. The largest absolute Gasteiger partial charge is 0.353 e. The number of halogens is 4. The summed E-state index contributed by atoms with van der Waals surface area (Å²) in [7, 11) is 0. The minimum atomic E-state index is -0.187. The number of hydrogen-bond acceptors (Lipinski definition) is 6. The first-order valence-electron chi connectivity index (χ1n) is 8.60. The van der Waals surface area contributed by atoms with Gasteiger partial charge in [0.25, 0.3) is 0 Å². The molecule has 0 radical (unpaired) electrons. The van der Waals surface area contributed by atoms with Crippen LogP contribution in [0.25, 0.3) is 0 Å². The van der Waals surface area contributed by atoms with Gasteiger partial charge in [-0.25, -0.2) is 5.84 Å². The molecule has 2 aromatic rings. The van der Waals surface area contributed by atoms with Crippen LogP contribution in [0.15, 0.2) is 36.4 Å². The topological polar surface area (TPSA) is 96.2 Å². The molecular formula is C18H28Cl4N6O. The van der Waals surface area contributed by atoms with Crippen LogP contribution in [0.5, 0.6) is 0 Å². The second kappa shape index (κ2) is 15.5. The number of aromatic nitrogens is 2. The average molecular weight is 486 g/mol. The van der Waals surface area contributed by atoms with Gasteiger partial charge in [-0.1, -0.05) is 24.3 Å². The minimum Gasteiger partial charge on any atom is -0.353 e. The fraction of sp³-hybridized carbons (Fsp3) is 0.389. The normalized spacial score (nSPS) is 12.4. The highest BCUT2D eigenvalue weighted by atomic mass is 35.5. The Labute approximate surface area is 196 Å². The number of benzene rings is 1. The zero-order valence-corrected chi connectivity index (χ0v) is 19.1. The highest BCUT2D eigenvalue weighted by molar-refractivity contribution is 5.86. The predicted octanol–water partition coefficient (Wildman–Crippen LogP) is 1.89. The van der Waals surface area contributed by atoms with Crippen LogP contribution in [0.1, 0.15) is 16.8 Å². The van der Waals surface area contributed by atoms with Crippen LogP contribution < -0.4 is 21.5 Å². The maximum absolute atomic E-state index is 11.3. The van der Waals surface area contributed by atoms with Crippen molar-refractivity contribution in [2.24, 2.45) is 5.84 Å². The Morgan fingerprint density at radius 2 is 1.55 bits per heavy atom. The van der Waals surface area contributed by atoms with E-state index in [1.807, 2.05) is 24.3 Å². The lowest BCUT2D eigenvalue weighted by Crippen LogP contribution is -2.44. The predicted molar refractivity (Wildman–Crippen MR) is 126 cm³/mol. The van der Waals surface area contributed by atoms with E-state index in [9.17, 15) is 4.79 Å². The standard InChI is InChI=1S/C18H24N6O.4ClH/c19-21-18(25)13-15-3-1-14(2-4-15)5-6-16-7-8-17(23-22-16)24-11-9-20-10-12-24;;;;/h1-4,7-8,20H,5-6,9-13,19H2,(H,21,25);4*1H. The van der Waals surface area contributed by atoms with E-state index in [0.717, 1.165) is 56.1 Å².